The van der Waals surface area contributed by atoms with Crippen LogP contribution in [-0.4, -0.2) is 23.8 Å². The van der Waals surface area contributed by atoms with Gasteiger partial charge in [-0.1, -0.05) is 0 Å². The Morgan fingerprint density at radius 3 is 2.72 bits per heavy atom. The summed E-state index contributed by atoms with van der Waals surface area (Å²) in [6, 6.07) is 5.76. The van der Waals surface area contributed by atoms with Gasteiger partial charge in [0.15, 0.2) is 0 Å². The first-order valence-corrected chi connectivity index (χ1v) is 5.66. The zero-order chi connectivity index (χ0) is 13.0. The van der Waals surface area contributed by atoms with E-state index < -0.39 is 0 Å². The predicted molar refractivity (Wildman–Crippen MR) is 70.1 cm³/mol. The molecular weight excluding hydrogens is 230 g/mol. The van der Waals surface area contributed by atoms with Gasteiger partial charge in [-0.15, -0.1) is 0 Å². The van der Waals surface area contributed by atoms with Crippen molar-refractivity contribution in [2.45, 2.75) is 6.54 Å². The molecule has 0 saturated carbocycles. The number of aryl methyl sites for hydroxylation is 1. The predicted octanol–water partition coefficient (Wildman–Crippen LogP) is 2.05. The Morgan fingerprint density at radius 1 is 1.28 bits per heavy atom. The molecule has 5 heteroatoms. The number of nitrogens with zero attached hydrogens (tertiary/aromatic N) is 2. The van der Waals surface area contributed by atoms with E-state index in [1.54, 1.807) is 20.4 Å². The number of methoxy groups -OCH3 is 2. The monoisotopic (exact) mass is 247 g/mol. The molecular formula is C13H17N3O2. The molecule has 0 unspecified atom stereocenters. The van der Waals surface area contributed by atoms with Crippen LogP contribution in [0.2, 0.25) is 0 Å². The van der Waals surface area contributed by atoms with Crippen molar-refractivity contribution in [3.63, 3.8) is 0 Å². The molecule has 5 nitrogen and oxygen atoms in total. The van der Waals surface area contributed by atoms with Gasteiger partial charge in [0.25, 0.3) is 0 Å². The Balaban J connectivity index is 2.11. The fourth-order valence-electron chi connectivity index (χ4n) is 1.71. The Kier molecular flexibility index (Phi) is 3.72. The second-order valence-corrected chi connectivity index (χ2v) is 3.89. The van der Waals surface area contributed by atoms with Crippen molar-refractivity contribution >= 4 is 5.95 Å². The molecule has 1 heterocycles. The van der Waals surface area contributed by atoms with Crippen LogP contribution in [0.15, 0.2) is 30.6 Å². The number of hydrogen-bond acceptors (Lipinski definition) is 4. The van der Waals surface area contributed by atoms with Gasteiger partial charge in [-0.3, -0.25) is 0 Å². The number of rotatable bonds is 5. The molecule has 0 radical (unpaired) electrons. The van der Waals surface area contributed by atoms with E-state index in [9.17, 15) is 0 Å². The molecule has 2 aromatic rings. The maximum absolute atomic E-state index is 5.34. The molecule has 0 aliphatic rings. The average Bonchev–Trinajstić information content (AvgIpc) is 2.81. The molecule has 0 fully saturated rings. The lowest BCUT2D eigenvalue weighted by Gasteiger charge is -2.11. The van der Waals surface area contributed by atoms with E-state index in [2.05, 4.69) is 10.3 Å². The van der Waals surface area contributed by atoms with Crippen molar-refractivity contribution in [2.24, 2.45) is 7.05 Å². The first-order chi connectivity index (χ1) is 8.74. The van der Waals surface area contributed by atoms with Crippen LogP contribution in [0.25, 0.3) is 0 Å². The average molecular weight is 247 g/mol. The summed E-state index contributed by atoms with van der Waals surface area (Å²) in [5.41, 5.74) is 1.06. The van der Waals surface area contributed by atoms with E-state index in [0.717, 1.165) is 23.0 Å². The molecule has 2 rings (SSSR count). The van der Waals surface area contributed by atoms with Crippen LogP contribution in [0.4, 0.5) is 5.95 Å². The summed E-state index contributed by atoms with van der Waals surface area (Å²) in [4.78, 5) is 4.21. The summed E-state index contributed by atoms with van der Waals surface area (Å²) in [5, 5.41) is 3.25. The second-order valence-electron chi connectivity index (χ2n) is 3.89. The number of aromatic nitrogens is 2. The van der Waals surface area contributed by atoms with Gasteiger partial charge in [-0.2, -0.15) is 0 Å². The van der Waals surface area contributed by atoms with E-state index >= 15 is 0 Å². The Labute approximate surface area is 106 Å². The lowest BCUT2D eigenvalue weighted by Crippen LogP contribution is -2.06. The van der Waals surface area contributed by atoms with Gasteiger partial charge in [-0.05, 0) is 12.1 Å². The summed E-state index contributed by atoms with van der Waals surface area (Å²) in [5.74, 6) is 2.41. The summed E-state index contributed by atoms with van der Waals surface area (Å²) in [6.45, 7) is 0.651. The Hall–Kier alpha value is -2.17. The van der Waals surface area contributed by atoms with Gasteiger partial charge in [0.1, 0.15) is 11.5 Å². The fraction of sp³-hybridized carbons (Fsp3) is 0.308. The summed E-state index contributed by atoms with van der Waals surface area (Å²) < 4.78 is 12.4. The standard InChI is InChI=1S/C13H17N3O2/c1-16-7-6-14-13(16)15-9-10-4-5-11(17-2)8-12(10)18-3/h4-8H,9H2,1-3H3,(H,14,15). The summed E-state index contributed by atoms with van der Waals surface area (Å²) in [7, 11) is 5.24. The van der Waals surface area contributed by atoms with E-state index in [-0.39, 0.29) is 0 Å². The van der Waals surface area contributed by atoms with Crippen LogP contribution in [-0.2, 0) is 13.6 Å². The van der Waals surface area contributed by atoms with Crippen molar-refractivity contribution in [1.29, 1.82) is 0 Å². The van der Waals surface area contributed by atoms with Crippen LogP contribution in [0, 0.1) is 0 Å². The van der Waals surface area contributed by atoms with Crippen molar-refractivity contribution in [3.05, 3.63) is 36.2 Å². The zero-order valence-electron chi connectivity index (χ0n) is 10.8. The Morgan fingerprint density at radius 2 is 2.11 bits per heavy atom. The quantitative estimate of drug-likeness (QED) is 0.878. The largest absolute Gasteiger partial charge is 0.497 e. The van der Waals surface area contributed by atoms with Crippen molar-refractivity contribution < 1.29 is 9.47 Å². The van der Waals surface area contributed by atoms with Gasteiger partial charge >= 0.3 is 0 Å². The number of hydrogen-bond donors (Lipinski definition) is 1. The number of anilines is 1. The molecule has 0 saturated heterocycles. The molecule has 0 spiro atoms. The van der Waals surface area contributed by atoms with Crippen LogP contribution >= 0.6 is 0 Å². The first kappa shape index (κ1) is 12.3. The third-order valence-electron chi connectivity index (χ3n) is 2.75. The van der Waals surface area contributed by atoms with E-state index in [0.29, 0.717) is 6.54 Å². The molecule has 1 aromatic heterocycles. The Bertz CT molecular complexity index is 523. The van der Waals surface area contributed by atoms with E-state index in [4.69, 9.17) is 9.47 Å². The minimum Gasteiger partial charge on any atom is -0.497 e. The van der Waals surface area contributed by atoms with Crippen LogP contribution in [0.5, 0.6) is 11.5 Å². The van der Waals surface area contributed by atoms with E-state index in [1.807, 2.05) is 36.0 Å². The molecule has 0 bridgehead atoms. The molecule has 0 atom stereocenters. The van der Waals surface area contributed by atoms with Gasteiger partial charge in [0, 0.05) is 37.6 Å². The van der Waals surface area contributed by atoms with Crippen LogP contribution < -0.4 is 14.8 Å². The number of ether oxygens (including phenoxy) is 2. The summed E-state index contributed by atoms with van der Waals surface area (Å²) in [6.07, 6.45) is 3.65. The van der Waals surface area contributed by atoms with E-state index in [1.165, 1.54) is 0 Å². The second kappa shape index (κ2) is 5.44. The smallest absolute Gasteiger partial charge is 0.202 e. The number of imidazole rings is 1. The number of nitrogens with one attached hydrogen (secondary N) is 1. The lowest BCUT2D eigenvalue weighted by molar-refractivity contribution is 0.391. The van der Waals surface area contributed by atoms with Gasteiger partial charge < -0.3 is 19.4 Å². The maximum Gasteiger partial charge on any atom is 0.202 e. The fourth-order valence-corrected chi connectivity index (χ4v) is 1.71. The van der Waals surface area contributed by atoms with Crippen LogP contribution in [0.3, 0.4) is 0 Å². The maximum atomic E-state index is 5.34. The minimum absolute atomic E-state index is 0.651. The molecule has 1 aromatic carbocycles. The molecule has 0 aliphatic carbocycles. The molecule has 0 amide bonds. The lowest BCUT2D eigenvalue weighted by atomic mass is 10.2. The van der Waals surface area contributed by atoms with Crippen molar-refractivity contribution in [1.82, 2.24) is 9.55 Å². The molecule has 18 heavy (non-hydrogen) atoms. The van der Waals surface area contributed by atoms with Gasteiger partial charge in [0.05, 0.1) is 14.2 Å². The topological polar surface area (TPSA) is 48.3 Å². The molecule has 0 aliphatic heterocycles. The molecule has 1 N–H and O–H groups in total. The van der Waals surface area contributed by atoms with Crippen LogP contribution in [0.1, 0.15) is 5.56 Å². The molecule has 96 valence electrons. The minimum atomic E-state index is 0.651. The zero-order valence-corrected chi connectivity index (χ0v) is 10.8. The highest BCUT2D eigenvalue weighted by molar-refractivity contribution is 5.42. The third-order valence-corrected chi connectivity index (χ3v) is 2.75. The SMILES string of the molecule is COc1ccc(CNc2nccn2C)c(OC)c1. The first-order valence-electron chi connectivity index (χ1n) is 5.66. The van der Waals surface area contributed by atoms with Gasteiger partial charge in [-0.25, -0.2) is 4.98 Å². The normalized spacial score (nSPS) is 10.2. The highest BCUT2D eigenvalue weighted by Crippen LogP contribution is 2.25. The highest BCUT2D eigenvalue weighted by Gasteiger charge is 2.06. The summed E-state index contributed by atoms with van der Waals surface area (Å²) >= 11 is 0. The van der Waals surface area contributed by atoms with Gasteiger partial charge in [0.2, 0.25) is 5.95 Å². The highest BCUT2D eigenvalue weighted by atomic mass is 16.5. The van der Waals surface area contributed by atoms with Crippen molar-refractivity contribution in [2.75, 3.05) is 19.5 Å². The third kappa shape index (κ3) is 2.56. The van der Waals surface area contributed by atoms with Crippen molar-refractivity contribution in [3.8, 4) is 11.5 Å². The number of benzene rings is 1.